The van der Waals surface area contributed by atoms with Gasteiger partial charge < -0.3 is 10.2 Å². The molecule has 1 saturated heterocycles. The maximum Gasteiger partial charge on any atom is 0.243 e. The van der Waals surface area contributed by atoms with Gasteiger partial charge in [-0.2, -0.15) is 0 Å². The van der Waals surface area contributed by atoms with Gasteiger partial charge in [0.25, 0.3) is 0 Å². The van der Waals surface area contributed by atoms with Crippen LogP contribution in [-0.4, -0.2) is 35.3 Å². The van der Waals surface area contributed by atoms with Gasteiger partial charge >= 0.3 is 0 Å². The lowest BCUT2D eigenvalue weighted by molar-refractivity contribution is -0.150. The zero-order valence-electron chi connectivity index (χ0n) is 10.2. The number of rotatable bonds is 2. The standard InChI is InChI=1S/C13H20N2O2/c16-11-8-14-13(17)12(9-6-7-9)15(11)10-4-2-1-3-5-10/h9-10,12H,1-8H2,(H,14,17). The van der Waals surface area contributed by atoms with E-state index in [4.69, 9.17) is 0 Å². The molecular formula is C13H20N2O2. The topological polar surface area (TPSA) is 49.4 Å². The molecule has 17 heavy (non-hydrogen) atoms. The summed E-state index contributed by atoms with van der Waals surface area (Å²) in [6, 6.07) is 0.173. The molecule has 1 atom stereocenters. The summed E-state index contributed by atoms with van der Waals surface area (Å²) in [7, 11) is 0. The Bertz CT molecular complexity index is 332. The van der Waals surface area contributed by atoms with Gasteiger partial charge in [0.05, 0.1) is 6.54 Å². The van der Waals surface area contributed by atoms with Gasteiger partial charge in [-0.15, -0.1) is 0 Å². The Kier molecular flexibility index (Phi) is 2.81. The molecule has 0 spiro atoms. The van der Waals surface area contributed by atoms with Gasteiger partial charge in [-0.05, 0) is 31.6 Å². The first-order valence-electron chi connectivity index (χ1n) is 6.86. The van der Waals surface area contributed by atoms with Crippen LogP contribution in [0.25, 0.3) is 0 Å². The van der Waals surface area contributed by atoms with Gasteiger partial charge in [0, 0.05) is 6.04 Å². The third kappa shape index (κ3) is 2.05. The minimum Gasteiger partial charge on any atom is -0.345 e. The second-order valence-electron chi connectivity index (χ2n) is 5.59. The van der Waals surface area contributed by atoms with E-state index in [1.54, 1.807) is 0 Å². The summed E-state index contributed by atoms with van der Waals surface area (Å²) >= 11 is 0. The molecule has 2 amide bonds. The normalized spacial score (nSPS) is 31.5. The Hall–Kier alpha value is -1.06. The minimum atomic E-state index is -0.153. The second-order valence-corrected chi connectivity index (χ2v) is 5.59. The van der Waals surface area contributed by atoms with E-state index >= 15 is 0 Å². The van der Waals surface area contributed by atoms with E-state index in [2.05, 4.69) is 5.32 Å². The molecular weight excluding hydrogens is 216 g/mol. The van der Waals surface area contributed by atoms with Gasteiger partial charge in [0.1, 0.15) is 6.04 Å². The third-order valence-corrected chi connectivity index (χ3v) is 4.31. The number of nitrogens with zero attached hydrogens (tertiary/aromatic N) is 1. The molecule has 0 radical (unpaired) electrons. The fraction of sp³-hybridized carbons (Fsp3) is 0.846. The zero-order chi connectivity index (χ0) is 11.8. The maximum atomic E-state index is 12.1. The van der Waals surface area contributed by atoms with Gasteiger partial charge in [-0.3, -0.25) is 9.59 Å². The van der Waals surface area contributed by atoms with Crippen LogP contribution >= 0.6 is 0 Å². The molecule has 0 bridgehead atoms. The van der Waals surface area contributed by atoms with Crippen molar-refractivity contribution >= 4 is 11.8 Å². The Balaban J connectivity index is 1.80. The molecule has 0 aromatic carbocycles. The summed E-state index contributed by atoms with van der Waals surface area (Å²) in [5, 5.41) is 2.74. The van der Waals surface area contributed by atoms with Crippen LogP contribution in [0.4, 0.5) is 0 Å². The number of nitrogens with one attached hydrogen (secondary N) is 1. The van der Waals surface area contributed by atoms with Gasteiger partial charge in [0.15, 0.2) is 0 Å². The van der Waals surface area contributed by atoms with Crippen LogP contribution in [-0.2, 0) is 9.59 Å². The van der Waals surface area contributed by atoms with Crippen molar-refractivity contribution in [2.75, 3.05) is 6.54 Å². The smallest absolute Gasteiger partial charge is 0.243 e. The van der Waals surface area contributed by atoms with E-state index < -0.39 is 0 Å². The molecule has 3 rings (SSSR count). The summed E-state index contributed by atoms with van der Waals surface area (Å²) in [4.78, 5) is 26.0. The van der Waals surface area contributed by atoms with Crippen molar-refractivity contribution in [1.29, 1.82) is 0 Å². The van der Waals surface area contributed by atoms with Crippen molar-refractivity contribution in [1.82, 2.24) is 10.2 Å². The highest BCUT2D eigenvalue weighted by molar-refractivity contribution is 5.95. The van der Waals surface area contributed by atoms with Crippen LogP contribution in [0, 0.1) is 5.92 Å². The Morgan fingerprint density at radius 3 is 2.35 bits per heavy atom. The van der Waals surface area contributed by atoms with Crippen LogP contribution in [0.1, 0.15) is 44.9 Å². The van der Waals surface area contributed by atoms with E-state index in [-0.39, 0.29) is 24.4 Å². The van der Waals surface area contributed by atoms with Crippen molar-refractivity contribution in [3.05, 3.63) is 0 Å². The first-order chi connectivity index (χ1) is 8.27. The summed E-state index contributed by atoms with van der Waals surface area (Å²) in [5.74, 6) is 0.646. The van der Waals surface area contributed by atoms with Crippen LogP contribution in [0.15, 0.2) is 0 Å². The van der Waals surface area contributed by atoms with Crippen LogP contribution in [0.5, 0.6) is 0 Å². The molecule has 2 saturated carbocycles. The van der Waals surface area contributed by atoms with E-state index in [0.29, 0.717) is 12.0 Å². The average molecular weight is 236 g/mol. The Labute approximate surface area is 102 Å². The molecule has 3 fully saturated rings. The predicted molar refractivity (Wildman–Crippen MR) is 63.2 cm³/mol. The van der Waals surface area contributed by atoms with E-state index in [0.717, 1.165) is 25.7 Å². The minimum absolute atomic E-state index is 0.0812. The van der Waals surface area contributed by atoms with Crippen molar-refractivity contribution in [2.24, 2.45) is 5.92 Å². The molecule has 1 aliphatic heterocycles. The molecule has 0 aromatic heterocycles. The van der Waals surface area contributed by atoms with Crippen LogP contribution < -0.4 is 5.32 Å². The molecule has 1 heterocycles. The lowest BCUT2D eigenvalue weighted by Crippen LogP contribution is -2.62. The highest BCUT2D eigenvalue weighted by Crippen LogP contribution is 2.38. The fourth-order valence-corrected chi connectivity index (χ4v) is 3.28. The average Bonchev–Trinajstić information content (AvgIpc) is 3.17. The number of amides is 2. The number of hydrogen-bond acceptors (Lipinski definition) is 2. The highest BCUT2D eigenvalue weighted by Gasteiger charge is 2.46. The van der Waals surface area contributed by atoms with Crippen molar-refractivity contribution in [3.63, 3.8) is 0 Å². The van der Waals surface area contributed by atoms with E-state index in [1.807, 2.05) is 4.90 Å². The molecule has 94 valence electrons. The van der Waals surface area contributed by atoms with Crippen molar-refractivity contribution < 1.29 is 9.59 Å². The molecule has 4 nitrogen and oxygen atoms in total. The second kappa shape index (κ2) is 4.31. The lowest BCUT2D eigenvalue weighted by Gasteiger charge is -2.42. The number of hydrogen-bond donors (Lipinski definition) is 1. The van der Waals surface area contributed by atoms with Crippen molar-refractivity contribution in [3.8, 4) is 0 Å². The first kappa shape index (κ1) is 11.1. The first-order valence-corrected chi connectivity index (χ1v) is 6.86. The molecule has 0 aromatic rings. The van der Waals surface area contributed by atoms with Crippen molar-refractivity contribution in [2.45, 2.75) is 57.0 Å². The monoisotopic (exact) mass is 236 g/mol. The summed E-state index contributed by atoms with van der Waals surface area (Å²) in [5.41, 5.74) is 0. The molecule has 3 aliphatic rings. The summed E-state index contributed by atoms with van der Waals surface area (Å²) in [6.45, 7) is 0.207. The Morgan fingerprint density at radius 1 is 1.00 bits per heavy atom. The van der Waals surface area contributed by atoms with Crippen LogP contribution in [0.3, 0.4) is 0 Å². The van der Waals surface area contributed by atoms with Crippen LogP contribution in [0.2, 0.25) is 0 Å². The number of carbonyl (C=O) groups is 2. The fourth-order valence-electron chi connectivity index (χ4n) is 3.28. The zero-order valence-corrected chi connectivity index (χ0v) is 10.2. The lowest BCUT2D eigenvalue weighted by atomic mass is 9.91. The maximum absolute atomic E-state index is 12.1. The largest absolute Gasteiger partial charge is 0.345 e. The Morgan fingerprint density at radius 2 is 1.71 bits per heavy atom. The van der Waals surface area contributed by atoms with Gasteiger partial charge in [-0.1, -0.05) is 19.3 Å². The predicted octanol–water partition coefficient (Wildman–Crippen LogP) is 1.06. The third-order valence-electron chi connectivity index (χ3n) is 4.31. The quantitative estimate of drug-likeness (QED) is 0.779. The van der Waals surface area contributed by atoms with Gasteiger partial charge in [0.2, 0.25) is 11.8 Å². The SMILES string of the molecule is O=C1NCC(=O)N(C2CCCCC2)C1C1CC1. The molecule has 4 heteroatoms. The molecule has 2 aliphatic carbocycles. The molecule has 1 unspecified atom stereocenters. The van der Waals surface area contributed by atoms with E-state index in [9.17, 15) is 9.59 Å². The number of piperazine rings is 1. The summed E-state index contributed by atoms with van der Waals surface area (Å²) in [6.07, 6.45) is 8.06. The molecule has 1 N–H and O–H groups in total. The summed E-state index contributed by atoms with van der Waals surface area (Å²) < 4.78 is 0. The highest BCUT2D eigenvalue weighted by atomic mass is 16.2. The van der Waals surface area contributed by atoms with Gasteiger partial charge in [-0.25, -0.2) is 0 Å². The van der Waals surface area contributed by atoms with E-state index in [1.165, 1.54) is 19.3 Å². The number of carbonyl (C=O) groups excluding carboxylic acids is 2.